The first kappa shape index (κ1) is 19.8. The summed E-state index contributed by atoms with van der Waals surface area (Å²) in [6.07, 6.45) is -1.52. The maximum absolute atomic E-state index is 13.2. The summed E-state index contributed by atoms with van der Waals surface area (Å²) in [5.74, 6) is -0.611. The minimum atomic E-state index is -4.51. The Labute approximate surface area is 165 Å². The van der Waals surface area contributed by atoms with Crippen molar-refractivity contribution in [2.75, 3.05) is 23.3 Å². The summed E-state index contributed by atoms with van der Waals surface area (Å²) in [5.41, 5.74) is -0.0520. The van der Waals surface area contributed by atoms with Crippen molar-refractivity contribution >= 4 is 40.5 Å². The number of piperidine rings is 1. The number of alkyl halides is 3. The Kier molecular flexibility index (Phi) is 5.86. The maximum atomic E-state index is 13.2. The molecule has 1 N–H and O–H groups in total. The van der Waals surface area contributed by atoms with E-state index in [9.17, 15) is 18.0 Å². The van der Waals surface area contributed by atoms with Crippen LogP contribution in [-0.2, 0) is 6.18 Å². The number of halogens is 5. The first-order valence-corrected chi connectivity index (χ1v) is 9.24. The van der Waals surface area contributed by atoms with Gasteiger partial charge in [0.1, 0.15) is 0 Å². The second-order valence-corrected chi connectivity index (χ2v) is 7.12. The van der Waals surface area contributed by atoms with E-state index in [1.54, 1.807) is 6.07 Å². The Morgan fingerprint density at radius 3 is 2.41 bits per heavy atom. The topological polar surface area (TPSA) is 32.3 Å². The van der Waals surface area contributed by atoms with Crippen LogP contribution in [0, 0.1) is 0 Å². The second kappa shape index (κ2) is 7.98. The van der Waals surface area contributed by atoms with E-state index < -0.39 is 17.6 Å². The molecule has 0 saturated carbocycles. The fourth-order valence-corrected chi connectivity index (χ4v) is 3.48. The van der Waals surface area contributed by atoms with Crippen molar-refractivity contribution in [2.45, 2.75) is 25.4 Å². The van der Waals surface area contributed by atoms with Gasteiger partial charge < -0.3 is 10.2 Å². The molecule has 27 heavy (non-hydrogen) atoms. The summed E-state index contributed by atoms with van der Waals surface area (Å²) in [5, 5.41) is 2.84. The first-order valence-electron chi connectivity index (χ1n) is 8.49. The standard InChI is InChI=1S/C19H17Cl2F3N2O/c20-14-6-4-5-13(17(14)21)18(27)25-15-11-12(19(22,23)24)7-8-16(15)26-9-2-1-3-10-26/h4-8,11H,1-3,9-10H2,(H,25,27). The van der Waals surface area contributed by atoms with Crippen molar-refractivity contribution in [3.05, 3.63) is 57.6 Å². The predicted molar refractivity (Wildman–Crippen MR) is 102 cm³/mol. The number of hydrogen-bond donors (Lipinski definition) is 1. The van der Waals surface area contributed by atoms with Crippen LogP contribution >= 0.6 is 23.2 Å². The average Bonchev–Trinajstić information content (AvgIpc) is 2.64. The molecule has 0 unspecified atom stereocenters. The zero-order valence-corrected chi connectivity index (χ0v) is 15.8. The van der Waals surface area contributed by atoms with E-state index in [1.165, 1.54) is 18.2 Å². The first-order chi connectivity index (χ1) is 12.8. The van der Waals surface area contributed by atoms with E-state index in [4.69, 9.17) is 23.2 Å². The molecule has 0 aromatic heterocycles. The lowest BCUT2D eigenvalue weighted by atomic mass is 10.1. The van der Waals surface area contributed by atoms with Crippen LogP contribution in [0.2, 0.25) is 10.0 Å². The number of carbonyl (C=O) groups is 1. The highest BCUT2D eigenvalue weighted by Gasteiger charge is 2.32. The third-order valence-corrected chi connectivity index (χ3v) is 5.28. The number of rotatable bonds is 3. The third-order valence-electron chi connectivity index (χ3n) is 4.47. The second-order valence-electron chi connectivity index (χ2n) is 6.33. The Hall–Kier alpha value is -1.92. The number of carbonyl (C=O) groups excluding carboxylic acids is 1. The molecule has 144 valence electrons. The van der Waals surface area contributed by atoms with E-state index in [1.807, 2.05) is 4.90 Å². The lowest BCUT2D eigenvalue weighted by Gasteiger charge is -2.31. The molecular weight excluding hydrogens is 400 g/mol. The molecular formula is C19H17Cl2F3N2O. The van der Waals surface area contributed by atoms with E-state index in [0.29, 0.717) is 5.69 Å². The Morgan fingerprint density at radius 1 is 1.04 bits per heavy atom. The highest BCUT2D eigenvalue weighted by molar-refractivity contribution is 6.44. The molecule has 3 rings (SSSR count). The molecule has 0 radical (unpaired) electrons. The summed E-state index contributed by atoms with van der Waals surface area (Å²) in [7, 11) is 0. The summed E-state index contributed by atoms with van der Waals surface area (Å²) in [6.45, 7) is 1.46. The van der Waals surface area contributed by atoms with Crippen LogP contribution < -0.4 is 10.2 Å². The van der Waals surface area contributed by atoms with Gasteiger partial charge in [-0.15, -0.1) is 0 Å². The van der Waals surface area contributed by atoms with Crippen molar-refractivity contribution in [3.8, 4) is 0 Å². The van der Waals surface area contributed by atoms with Crippen LogP contribution in [0.15, 0.2) is 36.4 Å². The van der Waals surface area contributed by atoms with Gasteiger partial charge in [0.25, 0.3) is 5.91 Å². The maximum Gasteiger partial charge on any atom is 0.416 e. The molecule has 0 spiro atoms. The van der Waals surface area contributed by atoms with Crippen molar-refractivity contribution in [3.63, 3.8) is 0 Å². The molecule has 1 aliphatic rings. The minimum Gasteiger partial charge on any atom is -0.370 e. The quantitative estimate of drug-likeness (QED) is 0.640. The van der Waals surface area contributed by atoms with E-state index in [-0.39, 0.29) is 21.3 Å². The number of amides is 1. The van der Waals surface area contributed by atoms with Crippen LogP contribution in [0.3, 0.4) is 0 Å². The summed E-state index contributed by atoms with van der Waals surface area (Å²) < 4.78 is 39.5. The number of benzene rings is 2. The number of nitrogens with one attached hydrogen (secondary N) is 1. The molecule has 1 saturated heterocycles. The van der Waals surface area contributed by atoms with Gasteiger partial charge >= 0.3 is 6.18 Å². The minimum absolute atomic E-state index is 0.0585. The van der Waals surface area contributed by atoms with E-state index in [2.05, 4.69) is 5.32 Å². The van der Waals surface area contributed by atoms with Gasteiger partial charge in [0.15, 0.2) is 0 Å². The highest BCUT2D eigenvalue weighted by Crippen LogP contribution is 2.37. The normalized spacial score (nSPS) is 14.9. The molecule has 3 nitrogen and oxygen atoms in total. The number of nitrogens with zero attached hydrogens (tertiary/aromatic N) is 1. The van der Waals surface area contributed by atoms with Gasteiger partial charge in [-0.1, -0.05) is 29.3 Å². The fraction of sp³-hybridized carbons (Fsp3) is 0.316. The molecule has 2 aromatic rings. The van der Waals surface area contributed by atoms with Crippen LogP contribution in [0.1, 0.15) is 35.2 Å². The Balaban J connectivity index is 1.97. The molecule has 1 fully saturated rings. The van der Waals surface area contributed by atoms with Gasteiger partial charge in [-0.3, -0.25) is 4.79 Å². The smallest absolute Gasteiger partial charge is 0.370 e. The Bertz CT molecular complexity index is 849. The SMILES string of the molecule is O=C(Nc1cc(C(F)(F)F)ccc1N1CCCCC1)c1cccc(Cl)c1Cl. The van der Waals surface area contributed by atoms with Gasteiger partial charge in [0, 0.05) is 13.1 Å². The molecule has 0 bridgehead atoms. The summed E-state index contributed by atoms with van der Waals surface area (Å²) >= 11 is 12.0. The Morgan fingerprint density at radius 2 is 1.74 bits per heavy atom. The lowest BCUT2D eigenvalue weighted by Crippen LogP contribution is -2.30. The fourth-order valence-electron chi connectivity index (χ4n) is 3.09. The number of hydrogen-bond acceptors (Lipinski definition) is 2. The van der Waals surface area contributed by atoms with Crippen LogP contribution in [0.4, 0.5) is 24.5 Å². The molecule has 8 heteroatoms. The van der Waals surface area contributed by atoms with Crippen molar-refractivity contribution in [1.29, 1.82) is 0 Å². The molecule has 1 aliphatic heterocycles. The van der Waals surface area contributed by atoms with E-state index >= 15 is 0 Å². The number of anilines is 2. The summed E-state index contributed by atoms with van der Waals surface area (Å²) in [4.78, 5) is 14.6. The molecule has 0 aliphatic carbocycles. The third kappa shape index (κ3) is 4.50. The summed E-state index contributed by atoms with van der Waals surface area (Å²) in [6, 6.07) is 7.96. The lowest BCUT2D eigenvalue weighted by molar-refractivity contribution is -0.137. The van der Waals surface area contributed by atoms with Crippen LogP contribution in [0.25, 0.3) is 0 Å². The molecule has 1 heterocycles. The van der Waals surface area contributed by atoms with Gasteiger partial charge in [0.2, 0.25) is 0 Å². The monoisotopic (exact) mass is 416 g/mol. The molecule has 0 atom stereocenters. The van der Waals surface area contributed by atoms with Gasteiger partial charge in [0.05, 0.1) is 32.5 Å². The zero-order chi connectivity index (χ0) is 19.6. The zero-order valence-electron chi connectivity index (χ0n) is 14.2. The van der Waals surface area contributed by atoms with Gasteiger partial charge in [-0.25, -0.2) is 0 Å². The van der Waals surface area contributed by atoms with Gasteiger partial charge in [-0.05, 0) is 49.6 Å². The van der Waals surface area contributed by atoms with Crippen LogP contribution in [-0.4, -0.2) is 19.0 Å². The van der Waals surface area contributed by atoms with Crippen molar-refractivity contribution in [2.24, 2.45) is 0 Å². The molecule has 1 amide bonds. The van der Waals surface area contributed by atoms with Crippen LogP contribution in [0.5, 0.6) is 0 Å². The molecule has 2 aromatic carbocycles. The van der Waals surface area contributed by atoms with Gasteiger partial charge in [-0.2, -0.15) is 13.2 Å². The average molecular weight is 417 g/mol. The van der Waals surface area contributed by atoms with Crippen molar-refractivity contribution in [1.82, 2.24) is 0 Å². The van der Waals surface area contributed by atoms with E-state index in [0.717, 1.165) is 44.5 Å². The largest absolute Gasteiger partial charge is 0.416 e. The predicted octanol–water partition coefficient (Wildman–Crippen LogP) is 6.25. The van der Waals surface area contributed by atoms with Crippen molar-refractivity contribution < 1.29 is 18.0 Å². The highest BCUT2D eigenvalue weighted by atomic mass is 35.5.